The Bertz CT molecular complexity index is 946. The molecule has 0 unspecified atom stereocenters. The molecule has 0 saturated carbocycles. The molecular formula is C19H19N3O2. The number of likely N-dealkylation sites (N-methyl/N-ethyl adjacent to an activating group) is 1. The molecule has 5 nitrogen and oxygen atoms in total. The van der Waals surface area contributed by atoms with E-state index in [1.807, 2.05) is 37.3 Å². The SMILES string of the molecule is Cc1ccccc1CN(C)C(=O)Cn1cnc2ccccc2c1=O. The second-order valence-corrected chi connectivity index (χ2v) is 5.87. The average Bonchev–Trinajstić information content (AvgIpc) is 2.59. The highest BCUT2D eigenvalue weighted by atomic mass is 16.2. The summed E-state index contributed by atoms with van der Waals surface area (Å²) in [5.41, 5.74) is 2.68. The number of carbonyl (C=O) groups is 1. The molecule has 0 aliphatic carbocycles. The van der Waals surface area contributed by atoms with Crippen LogP contribution in [0.25, 0.3) is 10.9 Å². The minimum absolute atomic E-state index is 0.0148. The molecule has 122 valence electrons. The quantitative estimate of drug-likeness (QED) is 0.741. The van der Waals surface area contributed by atoms with E-state index in [4.69, 9.17) is 0 Å². The zero-order chi connectivity index (χ0) is 17.1. The number of hydrogen-bond donors (Lipinski definition) is 0. The molecule has 1 amide bonds. The number of rotatable bonds is 4. The molecule has 0 bridgehead atoms. The van der Waals surface area contributed by atoms with Crippen LogP contribution >= 0.6 is 0 Å². The Kier molecular flexibility index (Phi) is 4.42. The molecule has 3 rings (SSSR count). The molecule has 0 fully saturated rings. The van der Waals surface area contributed by atoms with Gasteiger partial charge < -0.3 is 4.90 Å². The fourth-order valence-corrected chi connectivity index (χ4v) is 2.62. The summed E-state index contributed by atoms with van der Waals surface area (Å²) in [6.45, 7) is 2.52. The predicted octanol–water partition coefficient (Wildman–Crippen LogP) is 2.36. The smallest absolute Gasteiger partial charge is 0.261 e. The Morgan fingerprint density at radius 3 is 2.62 bits per heavy atom. The van der Waals surface area contributed by atoms with E-state index in [1.54, 1.807) is 30.1 Å². The van der Waals surface area contributed by atoms with Crippen LogP contribution in [-0.4, -0.2) is 27.4 Å². The molecule has 1 heterocycles. The minimum atomic E-state index is -0.196. The number of carbonyl (C=O) groups excluding carboxylic acids is 1. The average molecular weight is 321 g/mol. The van der Waals surface area contributed by atoms with Crippen LogP contribution < -0.4 is 5.56 Å². The van der Waals surface area contributed by atoms with Gasteiger partial charge in [0.15, 0.2) is 0 Å². The van der Waals surface area contributed by atoms with Crippen LogP contribution in [0.15, 0.2) is 59.7 Å². The Balaban J connectivity index is 1.78. The van der Waals surface area contributed by atoms with Crippen molar-refractivity contribution in [2.45, 2.75) is 20.0 Å². The van der Waals surface area contributed by atoms with E-state index in [0.29, 0.717) is 17.4 Å². The molecule has 5 heteroatoms. The van der Waals surface area contributed by atoms with Crippen molar-refractivity contribution in [2.24, 2.45) is 0 Å². The lowest BCUT2D eigenvalue weighted by Gasteiger charge is -2.19. The third-order valence-electron chi connectivity index (χ3n) is 4.13. The van der Waals surface area contributed by atoms with Gasteiger partial charge in [-0.05, 0) is 30.2 Å². The number of aromatic nitrogens is 2. The van der Waals surface area contributed by atoms with Gasteiger partial charge >= 0.3 is 0 Å². The molecule has 0 aliphatic heterocycles. The van der Waals surface area contributed by atoms with Crippen molar-refractivity contribution in [1.82, 2.24) is 14.5 Å². The van der Waals surface area contributed by atoms with Crippen LogP contribution in [0.3, 0.4) is 0 Å². The normalized spacial score (nSPS) is 10.8. The summed E-state index contributed by atoms with van der Waals surface area (Å²) in [7, 11) is 1.74. The molecule has 0 atom stereocenters. The first-order valence-electron chi connectivity index (χ1n) is 7.79. The van der Waals surface area contributed by atoms with Crippen LogP contribution in [-0.2, 0) is 17.9 Å². The minimum Gasteiger partial charge on any atom is -0.340 e. The van der Waals surface area contributed by atoms with Crippen LogP contribution in [0.4, 0.5) is 0 Å². The number of nitrogens with zero attached hydrogens (tertiary/aromatic N) is 3. The number of amides is 1. The first-order chi connectivity index (χ1) is 11.6. The van der Waals surface area contributed by atoms with Gasteiger partial charge in [0.05, 0.1) is 17.2 Å². The van der Waals surface area contributed by atoms with Gasteiger partial charge in [0.25, 0.3) is 5.56 Å². The molecule has 0 radical (unpaired) electrons. The molecule has 3 aromatic rings. The molecule has 0 saturated heterocycles. The fourth-order valence-electron chi connectivity index (χ4n) is 2.62. The third-order valence-corrected chi connectivity index (χ3v) is 4.13. The Hall–Kier alpha value is -2.95. The maximum absolute atomic E-state index is 12.5. The first-order valence-corrected chi connectivity index (χ1v) is 7.79. The highest BCUT2D eigenvalue weighted by Gasteiger charge is 2.13. The summed E-state index contributed by atoms with van der Waals surface area (Å²) in [5.74, 6) is -0.127. The maximum atomic E-state index is 12.5. The van der Waals surface area contributed by atoms with E-state index in [-0.39, 0.29) is 18.0 Å². The lowest BCUT2D eigenvalue weighted by Crippen LogP contribution is -2.33. The number of para-hydroxylation sites is 1. The van der Waals surface area contributed by atoms with Gasteiger partial charge in [-0.25, -0.2) is 4.98 Å². The van der Waals surface area contributed by atoms with Gasteiger partial charge in [-0.1, -0.05) is 36.4 Å². The fraction of sp³-hybridized carbons (Fsp3) is 0.211. The molecule has 24 heavy (non-hydrogen) atoms. The van der Waals surface area contributed by atoms with Gasteiger partial charge in [0.1, 0.15) is 6.54 Å². The summed E-state index contributed by atoms with van der Waals surface area (Å²) in [6.07, 6.45) is 1.43. The first kappa shape index (κ1) is 15.9. The number of aryl methyl sites for hydroxylation is 1. The van der Waals surface area contributed by atoms with Crippen LogP contribution in [0.5, 0.6) is 0 Å². The second-order valence-electron chi connectivity index (χ2n) is 5.87. The van der Waals surface area contributed by atoms with Gasteiger partial charge in [-0.3, -0.25) is 14.2 Å². The summed E-state index contributed by atoms with van der Waals surface area (Å²) in [6, 6.07) is 15.1. The topological polar surface area (TPSA) is 55.2 Å². The number of fused-ring (bicyclic) bond motifs is 1. The number of benzene rings is 2. The predicted molar refractivity (Wildman–Crippen MR) is 93.7 cm³/mol. The van der Waals surface area contributed by atoms with Crippen molar-refractivity contribution in [2.75, 3.05) is 7.05 Å². The van der Waals surface area contributed by atoms with E-state index in [2.05, 4.69) is 4.98 Å². The largest absolute Gasteiger partial charge is 0.340 e. The van der Waals surface area contributed by atoms with Gasteiger partial charge in [0.2, 0.25) is 5.91 Å². The third kappa shape index (κ3) is 3.20. The highest BCUT2D eigenvalue weighted by molar-refractivity contribution is 5.78. The molecule has 2 aromatic carbocycles. The van der Waals surface area contributed by atoms with Gasteiger partial charge in [0, 0.05) is 13.6 Å². The zero-order valence-electron chi connectivity index (χ0n) is 13.8. The molecule has 0 aliphatic rings. The van der Waals surface area contributed by atoms with Crippen LogP contribution in [0.2, 0.25) is 0 Å². The van der Waals surface area contributed by atoms with Crippen molar-refractivity contribution < 1.29 is 4.79 Å². The highest BCUT2D eigenvalue weighted by Crippen LogP contribution is 2.10. The Morgan fingerprint density at radius 2 is 1.83 bits per heavy atom. The van der Waals surface area contributed by atoms with E-state index in [1.165, 1.54) is 10.9 Å². The summed E-state index contributed by atoms with van der Waals surface area (Å²) in [5, 5.41) is 0.523. The standard InChI is InChI=1S/C19H19N3O2/c1-14-7-3-4-8-15(14)11-21(2)18(23)12-22-13-20-17-10-6-5-9-16(17)19(22)24/h3-10,13H,11-12H2,1-2H3. The monoisotopic (exact) mass is 321 g/mol. The zero-order valence-corrected chi connectivity index (χ0v) is 13.8. The summed E-state index contributed by atoms with van der Waals surface area (Å²) in [4.78, 5) is 30.8. The number of hydrogen-bond acceptors (Lipinski definition) is 3. The van der Waals surface area contributed by atoms with Crippen molar-refractivity contribution in [3.8, 4) is 0 Å². The van der Waals surface area contributed by atoms with Crippen molar-refractivity contribution in [3.63, 3.8) is 0 Å². The van der Waals surface area contributed by atoms with Crippen LogP contribution in [0.1, 0.15) is 11.1 Å². The van der Waals surface area contributed by atoms with Crippen molar-refractivity contribution >= 4 is 16.8 Å². The van der Waals surface area contributed by atoms with Crippen molar-refractivity contribution in [3.05, 3.63) is 76.3 Å². The summed E-state index contributed by atoms with van der Waals surface area (Å²) < 4.78 is 1.36. The maximum Gasteiger partial charge on any atom is 0.261 e. The lowest BCUT2D eigenvalue weighted by molar-refractivity contribution is -0.131. The van der Waals surface area contributed by atoms with E-state index < -0.39 is 0 Å². The molecule has 1 aromatic heterocycles. The Morgan fingerprint density at radius 1 is 1.12 bits per heavy atom. The Labute approximate surface area is 140 Å². The molecule has 0 spiro atoms. The molecular weight excluding hydrogens is 302 g/mol. The van der Waals surface area contributed by atoms with Crippen LogP contribution in [0, 0.1) is 6.92 Å². The lowest BCUT2D eigenvalue weighted by atomic mass is 10.1. The second kappa shape index (κ2) is 6.66. The molecule has 0 N–H and O–H groups in total. The van der Waals surface area contributed by atoms with Gasteiger partial charge in [-0.15, -0.1) is 0 Å². The van der Waals surface area contributed by atoms with E-state index in [9.17, 15) is 9.59 Å². The van der Waals surface area contributed by atoms with Gasteiger partial charge in [-0.2, -0.15) is 0 Å². The van der Waals surface area contributed by atoms with E-state index in [0.717, 1.165) is 11.1 Å². The van der Waals surface area contributed by atoms with E-state index >= 15 is 0 Å². The summed E-state index contributed by atoms with van der Waals surface area (Å²) >= 11 is 0. The van der Waals surface area contributed by atoms with Crippen molar-refractivity contribution in [1.29, 1.82) is 0 Å².